The molecule has 0 radical (unpaired) electrons. The summed E-state index contributed by atoms with van der Waals surface area (Å²) in [5, 5.41) is 0. The van der Waals surface area contributed by atoms with Crippen molar-refractivity contribution in [3.8, 4) is 5.75 Å². The van der Waals surface area contributed by atoms with Crippen molar-refractivity contribution in [3.63, 3.8) is 0 Å². The zero-order valence-electron chi connectivity index (χ0n) is 14.7. The summed E-state index contributed by atoms with van der Waals surface area (Å²) in [6.07, 6.45) is 0.573. The van der Waals surface area contributed by atoms with Gasteiger partial charge in [-0.15, -0.1) is 0 Å². The highest BCUT2D eigenvalue weighted by Crippen LogP contribution is 2.23. The monoisotopic (exact) mass is 347 g/mol. The van der Waals surface area contributed by atoms with Gasteiger partial charge in [-0.05, 0) is 41.2 Å². The van der Waals surface area contributed by atoms with E-state index in [4.69, 9.17) is 4.74 Å². The van der Waals surface area contributed by atoms with Crippen LogP contribution in [0.5, 0.6) is 5.75 Å². The van der Waals surface area contributed by atoms with Crippen LogP contribution in [-0.2, 0) is 21.9 Å². The first-order valence-corrected chi connectivity index (χ1v) is 9.44. The molecule has 5 heteroatoms. The Labute approximate surface area is 144 Å². The topological polar surface area (TPSA) is 55.4 Å². The molecule has 0 aliphatic heterocycles. The summed E-state index contributed by atoms with van der Waals surface area (Å²) in [6.45, 7) is 6.62. The molecule has 0 saturated carbocycles. The van der Waals surface area contributed by atoms with Gasteiger partial charge in [0.2, 0.25) is 10.0 Å². The van der Waals surface area contributed by atoms with E-state index in [0.717, 1.165) is 16.9 Å². The summed E-state index contributed by atoms with van der Waals surface area (Å²) >= 11 is 0. The third-order valence-corrected chi connectivity index (χ3v) is 5.39. The molecule has 0 unspecified atom stereocenters. The predicted octanol–water partition coefficient (Wildman–Crippen LogP) is 3.51. The van der Waals surface area contributed by atoms with Crippen molar-refractivity contribution in [2.45, 2.75) is 37.5 Å². The molecule has 0 atom stereocenters. The second kappa shape index (κ2) is 7.36. The number of nitrogens with one attached hydrogen (secondary N) is 1. The van der Waals surface area contributed by atoms with Crippen LogP contribution < -0.4 is 9.46 Å². The average molecular weight is 347 g/mol. The number of methoxy groups -OCH3 is 1. The predicted molar refractivity (Wildman–Crippen MR) is 97.0 cm³/mol. The van der Waals surface area contributed by atoms with Crippen LogP contribution in [0.2, 0.25) is 0 Å². The minimum atomic E-state index is -3.50. The number of benzene rings is 2. The molecule has 0 heterocycles. The molecule has 0 aromatic heterocycles. The van der Waals surface area contributed by atoms with Crippen LogP contribution in [0.3, 0.4) is 0 Å². The number of rotatable bonds is 6. The average Bonchev–Trinajstić information content (AvgIpc) is 2.54. The van der Waals surface area contributed by atoms with E-state index in [2.05, 4.69) is 25.5 Å². The van der Waals surface area contributed by atoms with Crippen molar-refractivity contribution in [2.75, 3.05) is 13.7 Å². The minimum Gasteiger partial charge on any atom is -0.496 e. The first-order valence-electron chi connectivity index (χ1n) is 7.96. The maximum atomic E-state index is 12.4. The summed E-state index contributed by atoms with van der Waals surface area (Å²) in [4.78, 5) is 0.288. The smallest absolute Gasteiger partial charge is 0.240 e. The maximum Gasteiger partial charge on any atom is 0.240 e. The fraction of sp³-hybridized carbons (Fsp3) is 0.368. The van der Waals surface area contributed by atoms with Crippen molar-refractivity contribution >= 4 is 10.0 Å². The Morgan fingerprint density at radius 1 is 1.00 bits per heavy atom. The van der Waals surface area contributed by atoms with Crippen molar-refractivity contribution < 1.29 is 13.2 Å². The molecule has 0 aliphatic rings. The van der Waals surface area contributed by atoms with E-state index < -0.39 is 10.0 Å². The van der Waals surface area contributed by atoms with Crippen LogP contribution in [0, 0.1) is 0 Å². The highest BCUT2D eigenvalue weighted by molar-refractivity contribution is 7.89. The Morgan fingerprint density at radius 2 is 1.62 bits per heavy atom. The number of ether oxygens (including phenoxy) is 1. The van der Waals surface area contributed by atoms with E-state index >= 15 is 0 Å². The minimum absolute atomic E-state index is 0.000413. The number of para-hydroxylation sites is 1. The van der Waals surface area contributed by atoms with E-state index in [1.807, 2.05) is 36.4 Å². The molecular formula is C19H25NO3S. The molecule has 2 aromatic rings. The lowest BCUT2D eigenvalue weighted by Crippen LogP contribution is -2.26. The molecule has 0 spiro atoms. The van der Waals surface area contributed by atoms with Crippen molar-refractivity contribution in [1.29, 1.82) is 0 Å². The molecule has 130 valence electrons. The fourth-order valence-corrected chi connectivity index (χ4v) is 3.48. The van der Waals surface area contributed by atoms with Crippen LogP contribution in [0.25, 0.3) is 0 Å². The summed E-state index contributed by atoms with van der Waals surface area (Å²) in [7, 11) is -1.89. The summed E-state index contributed by atoms with van der Waals surface area (Å²) < 4.78 is 32.7. The molecule has 0 bridgehead atoms. The number of sulfonamides is 1. The van der Waals surface area contributed by atoms with Gasteiger partial charge in [0.05, 0.1) is 12.0 Å². The molecule has 24 heavy (non-hydrogen) atoms. The molecule has 0 amide bonds. The summed E-state index contributed by atoms with van der Waals surface area (Å²) in [5.41, 5.74) is 2.08. The van der Waals surface area contributed by atoms with Gasteiger partial charge >= 0.3 is 0 Å². The van der Waals surface area contributed by atoms with Crippen LogP contribution in [0.4, 0.5) is 0 Å². The molecule has 0 fully saturated rings. The van der Waals surface area contributed by atoms with Crippen molar-refractivity contribution in [1.82, 2.24) is 4.72 Å². The van der Waals surface area contributed by atoms with E-state index in [-0.39, 0.29) is 10.3 Å². The van der Waals surface area contributed by atoms with Crippen LogP contribution in [-0.4, -0.2) is 22.1 Å². The van der Waals surface area contributed by atoms with Gasteiger partial charge in [-0.1, -0.05) is 51.1 Å². The third-order valence-electron chi connectivity index (χ3n) is 3.91. The summed E-state index contributed by atoms with van der Waals surface area (Å²) in [5.74, 6) is 0.770. The third kappa shape index (κ3) is 4.58. The van der Waals surface area contributed by atoms with E-state index in [1.165, 1.54) is 0 Å². The maximum absolute atomic E-state index is 12.4. The van der Waals surface area contributed by atoms with Gasteiger partial charge in [-0.2, -0.15) is 0 Å². The zero-order chi connectivity index (χ0) is 17.8. The van der Waals surface area contributed by atoms with Crippen molar-refractivity contribution in [2.24, 2.45) is 0 Å². The second-order valence-corrected chi connectivity index (χ2v) is 8.50. The highest BCUT2D eigenvalue weighted by Gasteiger charge is 2.17. The standard InChI is InChI=1S/C19H25NO3S/c1-19(2,3)16-9-11-17(12-10-16)24(21,22)20-14-13-15-7-5-6-8-18(15)23-4/h5-12,20H,13-14H2,1-4H3. The largest absolute Gasteiger partial charge is 0.496 e. The molecule has 0 saturated heterocycles. The first-order chi connectivity index (χ1) is 11.2. The Balaban J connectivity index is 2.03. The molecule has 4 nitrogen and oxygen atoms in total. The van der Waals surface area contributed by atoms with Gasteiger partial charge in [-0.25, -0.2) is 13.1 Å². The Kier molecular flexibility index (Phi) is 5.67. The molecule has 0 aliphatic carbocycles. The molecule has 2 rings (SSSR count). The first kappa shape index (κ1) is 18.5. The lowest BCUT2D eigenvalue weighted by atomic mass is 9.87. The van der Waals surface area contributed by atoms with E-state index in [9.17, 15) is 8.42 Å². The Bertz CT molecular complexity index is 775. The quantitative estimate of drug-likeness (QED) is 0.870. The second-order valence-electron chi connectivity index (χ2n) is 6.73. The lowest BCUT2D eigenvalue weighted by molar-refractivity contribution is 0.409. The Hall–Kier alpha value is -1.85. The highest BCUT2D eigenvalue weighted by atomic mass is 32.2. The zero-order valence-corrected chi connectivity index (χ0v) is 15.5. The number of hydrogen-bond donors (Lipinski definition) is 1. The SMILES string of the molecule is COc1ccccc1CCNS(=O)(=O)c1ccc(C(C)(C)C)cc1. The van der Waals surface area contributed by atoms with Crippen LogP contribution in [0.1, 0.15) is 31.9 Å². The van der Waals surface area contributed by atoms with Gasteiger partial charge < -0.3 is 4.74 Å². The number of hydrogen-bond acceptors (Lipinski definition) is 3. The van der Waals surface area contributed by atoms with Crippen LogP contribution >= 0.6 is 0 Å². The van der Waals surface area contributed by atoms with Gasteiger partial charge in [-0.3, -0.25) is 0 Å². The molecular weight excluding hydrogens is 322 g/mol. The normalized spacial score (nSPS) is 12.2. The molecule has 1 N–H and O–H groups in total. The van der Waals surface area contributed by atoms with Gasteiger partial charge in [0.15, 0.2) is 0 Å². The van der Waals surface area contributed by atoms with Crippen LogP contribution in [0.15, 0.2) is 53.4 Å². The lowest BCUT2D eigenvalue weighted by Gasteiger charge is -2.19. The Morgan fingerprint density at radius 3 is 2.21 bits per heavy atom. The van der Waals surface area contributed by atoms with Gasteiger partial charge in [0.1, 0.15) is 5.75 Å². The summed E-state index contributed by atoms with van der Waals surface area (Å²) in [6, 6.07) is 14.7. The fourth-order valence-electron chi connectivity index (χ4n) is 2.45. The van der Waals surface area contributed by atoms with Crippen molar-refractivity contribution in [3.05, 3.63) is 59.7 Å². The molecule has 2 aromatic carbocycles. The van der Waals surface area contributed by atoms with E-state index in [0.29, 0.717) is 13.0 Å². The van der Waals surface area contributed by atoms with Gasteiger partial charge in [0, 0.05) is 6.54 Å². The van der Waals surface area contributed by atoms with E-state index in [1.54, 1.807) is 19.2 Å². The van der Waals surface area contributed by atoms with Gasteiger partial charge in [0.25, 0.3) is 0 Å².